The molecular formula is C21H24Cl2N2O3. The number of carbonyl (C=O) groups is 1. The molecule has 2 aromatic rings. The monoisotopic (exact) mass is 422 g/mol. The molecular weight excluding hydrogens is 399 g/mol. The van der Waals surface area contributed by atoms with E-state index in [4.69, 9.17) is 32.7 Å². The van der Waals surface area contributed by atoms with Crippen LogP contribution >= 0.6 is 23.2 Å². The first-order valence-electron chi connectivity index (χ1n) is 9.23. The lowest BCUT2D eigenvalue weighted by molar-refractivity contribution is 0.0937. The van der Waals surface area contributed by atoms with Gasteiger partial charge in [0.15, 0.2) is 11.5 Å². The number of methoxy groups -OCH3 is 2. The summed E-state index contributed by atoms with van der Waals surface area (Å²) in [6, 6.07) is 11.0. The van der Waals surface area contributed by atoms with E-state index in [9.17, 15) is 4.79 Å². The molecule has 150 valence electrons. The Morgan fingerprint density at radius 3 is 2.46 bits per heavy atom. The van der Waals surface area contributed by atoms with Crippen molar-refractivity contribution < 1.29 is 14.3 Å². The van der Waals surface area contributed by atoms with Gasteiger partial charge in [-0.1, -0.05) is 41.4 Å². The van der Waals surface area contributed by atoms with Crippen LogP contribution in [0.15, 0.2) is 36.4 Å². The molecule has 0 radical (unpaired) electrons. The van der Waals surface area contributed by atoms with E-state index in [1.807, 2.05) is 24.3 Å². The number of halogens is 2. The van der Waals surface area contributed by atoms with Gasteiger partial charge in [-0.3, -0.25) is 9.69 Å². The molecule has 28 heavy (non-hydrogen) atoms. The fourth-order valence-corrected chi connectivity index (χ4v) is 4.12. The Hall–Kier alpha value is -1.95. The first-order valence-corrected chi connectivity index (χ1v) is 9.99. The zero-order chi connectivity index (χ0) is 20.1. The molecule has 3 rings (SSSR count). The molecule has 1 aliphatic heterocycles. The van der Waals surface area contributed by atoms with Gasteiger partial charge in [0.2, 0.25) is 0 Å². The molecule has 1 N–H and O–H groups in total. The first kappa shape index (κ1) is 20.8. The van der Waals surface area contributed by atoms with Crippen molar-refractivity contribution in [1.82, 2.24) is 10.2 Å². The molecule has 2 aromatic carbocycles. The third-order valence-corrected chi connectivity index (χ3v) is 5.62. The molecule has 1 unspecified atom stereocenters. The minimum atomic E-state index is -0.223. The van der Waals surface area contributed by atoms with E-state index < -0.39 is 0 Å². The van der Waals surface area contributed by atoms with E-state index in [1.54, 1.807) is 12.1 Å². The number of amides is 1. The van der Waals surface area contributed by atoms with Crippen LogP contribution in [0.4, 0.5) is 0 Å². The summed E-state index contributed by atoms with van der Waals surface area (Å²) in [7, 11) is 3.02. The Labute approximate surface area is 175 Å². The number of benzene rings is 2. The van der Waals surface area contributed by atoms with Crippen LogP contribution in [0.2, 0.25) is 10.0 Å². The SMILES string of the molecule is COc1cc(C(=O)NCC(c2ccccc2Cl)N2CCCC2)cc(Cl)c1OC. The molecule has 1 saturated heterocycles. The Kier molecular flexibility index (Phi) is 7.05. The van der Waals surface area contributed by atoms with E-state index in [1.165, 1.54) is 14.2 Å². The second-order valence-corrected chi connectivity index (χ2v) is 7.50. The van der Waals surface area contributed by atoms with Crippen LogP contribution < -0.4 is 14.8 Å². The Morgan fingerprint density at radius 2 is 1.82 bits per heavy atom. The van der Waals surface area contributed by atoms with Gasteiger partial charge in [0.05, 0.1) is 25.3 Å². The molecule has 1 aliphatic rings. The molecule has 0 saturated carbocycles. The van der Waals surface area contributed by atoms with Crippen molar-refractivity contribution >= 4 is 29.1 Å². The normalized spacial score (nSPS) is 15.3. The number of carbonyl (C=O) groups excluding carboxylic acids is 1. The summed E-state index contributed by atoms with van der Waals surface area (Å²) < 4.78 is 10.5. The first-order chi connectivity index (χ1) is 13.5. The van der Waals surface area contributed by atoms with Gasteiger partial charge in [0.1, 0.15) is 0 Å². The van der Waals surface area contributed by atoms with Crippen molar-refractivity contribution in [2.24, 2.45) is 0 Å². The van der Waals surface area contributed by atoms with Gasteiger partial charge in [0, 0.05) is 17.1 Å². The molecule has 1 amide bonds. The second kappa shape index (κ2) is 9.50. The van der Waals surface area contributed by atoms with Crippen molar-refractivity contribution in [2.75, 3.05) is 33.9 Å². The fraction of sp³-hybridized carbons (Fsp3) is 0.381. The number of hydrogen-bond donors (Lipinski definition) is 1. The van der Waals surface area contributed by atoms with Gasteiger partial charge in [-0.25, -0.2) is 0 Å². The minimum Gasteiger partial charge on any atom is -0.493 e. The molecule has 0 spiro atoms. The Balaban J connectivity index is 1.79. The maximum absolute atomic E-state index is 12.8. The summed E-state index contributed by atoms with van der Waals surface area (Å²) in [5.41, 5.74) is 1.44. The molecule has 0 aromatic heterocycles. The van der Waals surface area contributed by atoms with Crippen LogP contribution in [-0.4, -0.2) is 44.7 Å². The van der Waals surface area contributed by atoms with Gasteiger partial charge in [-0.05, 0) is 49.7 Å². The molecule has 0 aliphatic carbocycles. The van der Waals surface area contributed by atoms with E-state index in [-0.39, 0.29) is 11.9 Å². The maximum atomic E-state index is 12.8. The van der Waals surface area contributed by atoms with Crippen molar-refractivity contribution in [1.29, 1.82) is 0 Å². The highest BCUT2D eigenvalue weighted by Gasteiger charge is 2.26. The van der Waals surface area contributed by atoms with Gasteiger partial charge < -0.3 is 14.8 Å². The summed E-state index contributed by atoms with van der Waals surface area (Å²) in [4.78, 5) is 15.1. The van der Waals surface area contributed by atoms with E-state index in [0.717, 1.165) is 31.5 Å². The average Bonchev–Trinajstić information content (AvgIpc) is 3.23. The Bertz CT molecular complexity index is 838. The highest BCUT2D eigenvalue weighted by Crippen LogP contribution is 2.36. The zero-order valence-corrected chi connectivity index (χ0v) is 17.5. The van der Waals surface area contributed by atoms with Crippen LogP contribution in [0.5, 0.6) is 11.5 Å². The number of nitrogens with one attached hydrogen (secondary N) is 1. The molecule has 1 heterocycles. The molecule has 1 fully saturated rings. The lowest BCUT2D eigenvalue weighted by atomic mass is 10.0. The van der Waals surface area contributed by atoms with Crippen LogP contribution in [0.25, 0.3) is 0 Å². The van der Waals surface area contributed by atoms with Crippen molar-refractivity contribution in [3.05, 3.63) is 57.6 Å². The van der Waals surface area contributed by atoms with Gasteiger partial charge in [0.25, 0.3) is 5.91 Å². The smallest absolute Gasteiger partial charge is 0.251 e. The largest absolute Gasteiger partial charge is 0.493 e. The van der Waals surface area contributed by atoms with E-state index in [2.05, 4.69) is 10.2 Å². The number of nitrogens with zero attached hydrogens (tertiary/aromatic N) is 1. The predicted octanol–water partition coefficient (Wildman–Crippen LogP) is 4.58. The zero-order valence-electron chi connectivity index (χ0n) is 16.0. The molecule has 5 nitrogen and oxygen atoms in total. The second-order valence-electron chi connectivity index (χ2n) is 6.68. The average molecular weight is 423 g/mol. The van der Waals surface area contributed by atoms with Crippen molar-refractivity contribution in [3.63, 3.8) is 0 Å². The number of likely N-dealkylation sites (tertiary alicyclic amines) is 1. The molecule has 1 atom stereocenters. The van der Waals surface area contributed by atoms with Crippen LogP contribution in [0.3, 0.4) is 0 Å². The maximum Gasteiger partial charge on any atom is 0.251 e. The third-order valence-electron chi connectivity index (χ3n) is 5.00. The number of rotatable bonds is 7. The van der Waals surface area contributed by atoms with Crippen molar-refractivity contribution in [2.45, 2.75) is 18.9 Å². The predicted molar refractivity (Wildman–Crippen MR) is 112 cm³/mol. The summed E-state index contributed by atoms with van der Waals surface area (Å²) in [6.07, 6.45) is 2.31. The van der Waals surface area contributed by atoms with E-state index >= 15 is 0 Å². The number of hydrogen-bond acceptors (Lipinski definition) is 4. The van der Waals surface area contributed by atoms with Crippen LogP contribution in [0, 0.1) is 0 Å². The summed E-state index contributed by atoms with van der Waals surface area (Å²) in [6.45, 7) is 2.44. The van der Waals surface area contributed by atoms with Gasteiger partial charge in [-0.15, -0.1) is 0 Å². The topological polar surface area (TPSA) is 50.8 Å². The lowest BCUT2D eigenvalue weighted by Crippen LogP contribution is -2.37. The minimum absolute atomic E-state index is 0.0239. The van der Waals surface area contributed by atoms with Gasteiger partial charge >= 0.3 is 0 Å². The summed E-state index contributed by atoms with van der Waals surface area (Å²) in [5, 5.41) is 4.06. The van der Waals surface area contributed by atoms with Gasteiger partial charge in [-0.2, -0.15) is 0 Å². The van der Waals surface area contributed by atoms with Crippen molar-refractivity contribution in [3.8, 4) is 11.5 Å². The quantitative estimate of drug-likeness (QED) is 0.709. The summed E-state index contributed by atoms with van der Waals surface area (Å²) >= 11 is 12.7. The highest BCUT2D eigenvalue weighted by molar-refractivity contribution is 6.32. The molecule has 7 heteroatoms. The summed E-state index contributed by atoms with van der Waals surface area (Å²) in [5.74, 6) is 0.605. The third kappa shape index (κ3) is 4.54. The lowest BCUT2D eigenvalue weighted by Gasteiger charge is -2.29. The Morgan fingerprint density at radius 1 is 1.11 bits per heavy atom. The van der Waals surface area contributed by atoms with E-state index in [0.29, 0.717) is 33.7 Å². The van der Waals surface area contributed by atoms with Crippen LogP contribution in [0.1, 0.15) is 34.8 Å². The standard InChI is InChI=1S/C21H24Cl2N2O3/c1-27-19-12-14(11-17(23)20(19)28-2)21(26)24-13-18(25-9-5-6-10-25)15-7-3-4-8-16(15)22/h3-4,7-8,11-12,18H,5-6,9-10,13H2,1-2H3,(H,24,26). The number of ether oxygens (including phenoxy) is 2. The van der Waals surface area contributed by atoms with Crippen LogP contribution in [-0.2, 0) is 0 Å². The molecule has 0 bridgehead atoms. The highest BCUT2D eigenvalue weighted by atomic mass is 35.5. The fourth-order valence-electron chi connectivity index (χ4n) is 3.57.